The van der Waals surface area contributed by atoms with E-state index in [0.717, 1.165) is 35.3 Å². The first-order chi connectivity index (χ1) is 10.5. The number of hydrogen-bond donors (Lipinski definition) is 1. The number of likely N-dealkylation sites (N-methyl/N-ethyl adjacent to an activating group) is 2. The Hall–Kier alpha value is -0.870. The fourth-order valence-corrected chi connectivity index (χ4v) is 2.94. The molecule has 0 saturated carbocycles. The lowest BCUT2D eigenvalue weighted by atomic mass is 10.2. The third kappa shape index (κ3) is 4.82. The van der Waals surface area contributed by atoms with E-state index in [4.69, 9.17) is 9.84 Å². The van der Waals surface area contributed by atoms with Crippen molar-refractivity contribution in [3.8, 4) is 0 Å². The molecule has 2 rings (SSSR count). The number of ether oxygens (including phenoxy) is 1. The maximum absolute atomic E-state index is 10.8. The van der Waals surface area contributed by atoms with Crippen molar-refractivity contribution in [1.29, 1.82) is 0 Å². The summed E-state index contributed by atoms with van der Waals surface area (Å²) in [7, 11) is 3.57. The first kappa shape index (κ1) is 17.5. The van der Waals surface area contributed by atoms with Crippen LogP contribution in [0.5, 0.6) is 0 Å². The monoisotopic (exact) mass is 422 g/mol. The Kier molecular flexibility index (Phi) is 6.45. The van der Waals surface area contributed by atoms with Gasteiger partial charge in [-0.3, -0.25) is 0 Å². The van der Waals surface area contributed by atoms with E-state index in [2.05, 4.69) is 38.8 Å². The van der Waals surface area contributed by atoms with Crippen molar-refractivity contribution < 1.29 is 14.6 Å². The summed E-state index contributed by atoms with van der Waals surface area (Å²) in [5.41, 5.74) is 1.15. The molecule has 1 aromatic heterocycles. The molecule has 1 fully saturated rings. The Morgan fingerprint density at radius 2 is 2.27 bits per heavy atom. The van der Waals surface area contributed by atoms with Crippen molar-refractivity contribution in [2.24, 2.45) is 0 Å². The number of halogens is 1. The Balaban J connectivity index is 1.89. The minimum Gasteiger partial charge on any atom is -0.465 e. The SMILES string of the molecule is CN(CCN(C)C(=O)O)Cc1cn(C2CCCCO2)nc1I. The van der Waals surface area contributed by atoms with Crippen LogP contribution in [0.1, 0.15) is 31.1 Å². The lowest BCUT2D eigenvalue weighted by molar-refractivity contribution is -0.0397. The highest BCUT2D eigenvalue weighted by molar-refractivity contribution is 14.1. The first-order valence-corrected chi connectivity index (χ1v) is 8.53. The fraction of sp³-hybridized carbons (Fsp3) is 0.714. The molecule has 124 valence electrons. The quantitative estimate of drug-likeness (QED) is 0.713. The maximum atomic E-state index is 10.8. The maximum Gasteiger partial charge on any atom is 0.407 e. The van der Waals surface area contributed by atoms with Crippen molar-refractivity contribution in [1.82, 2.24) is 19.6 Å². The van der Waals surface area contributed by atoms with Gasteiger partial charge in [0, 0.05) is 45.0 Å². The van der Waals surface area contributed by atoms with Crippen LogP contribution in [0.25, 0.3) is 0 Å². The topological polar surface area (TPSA) is 70.8 Å². The van der Waals surface area contributed by atoms with Crippen LogP contribution >= 0.6 is 22.6 Å². The van der Waals surface area contributed by atoms with E-state index in [-0.39, 0.29) is 6.23 Å². The van der Waals surface area contributed by atoms with Gasteiger partial charge in [0.1, 0.15) is 9.93 Å². The summed E-state index contributed by atoms with van der Waals surface area (Å²) in [6.45, 7) is 2.72. The number of amides is 1. The highest BCUT2D eigenvalue weighted by Gasteiger charge is 2.19. The highest BCUT2D eigenvalue weighted by Crippen LogP contribution is 2.24. The largest absolute Gasteiger partial charge is 0.465 e. The van der Waals surface area contributed by atoms with Crippen LogP contribution in [0.4, 0.5) is 4.79 Å². The molecule has 8 heteroatoms. The van der Waals surface area contributed by atoms with Crippen molar-refractivity contribution in [2.75, 3.05) is 33.8 Å². The summed E-state index contributed by atoms with van der Waals surface area (Å²) in [5, 5.41) is 13.4. The van der Waals surface area contributed by atoms with Crippen molar-refractivity contribution >= 4 is 28.7 Å². The summed E-state index contributed by atoms with van der Waals surface area (Å²) < 4.78 is 8.66. The zero-order chi connectivity index (χ0) is 16.1. The van der Waals surface area contributed by atoms with Gasteiger partial charge in [-0.05, 0) is 48.9 Å². The van der Waals surface area contributed by atoms with Gasteiger partial charge in [0.25, 0.3) is 0 Å². The molecular weight excluding hydrogens is 399 g/mol. The molecule has 1 unspecified atom stereocenters. The van der Waals surface area contributed by atoms with E-state index in [9.17, 15) is 4.79 Å². The smallest absolute Gasteiger partial charge is 0.407 e. The molecule has 1 aliphatic rings. The van der Waals surface area contributed by atoms with Gasteiger partial charge in [-0.15, -0.1) is 0 Å². The van der Waals surface area contributed by atoms with Crippen molar-refractivity contribution in [2.45, 2.75) is 32.0 Å². The zero-order valence-electron chi connectivity index (χ0n) is 13.0. The van der Waals surface area contributed by atoms with Crippen LogP contribution in [0, 0.1) is 3.70 Å². The fourth-order valence-electron chi connectivity index (χ4n) is 2.38. The summed E-state index contributed by atoms with van der Waals surface area (Å²) >= 11 is 2.24. The van der Waals surface area contributed by atoms with E-state index in [1.807, 2.05) is 11.7 Å². The van der Waals surface area contributed by atoms with Gasteiger partial charge >= 0.3 is 6.09 Å². The van der Waals surface area contributed by atoms with E-state index >= 15 is 0 Å². The normalized spacial score (nSPS) is 18.6. The molecule has 1 aliphatic heterocycles. The second kappa shape index (κ2) is 8.11. The average Bonchev–Trinajstić information content (AvgIpc) is 2.86. The van der Waals surface area contributed by atoms with Crippen molar-refractivity contribution in [3.63, 3.8) is 0 Å². The van der Waals surface area contributed by atoms with E-state index < -0.39 is 6.09 Å². The lowest BCUT2D eigenvalue weighted by Gasteiger charge is -2.22. The van der Waals surface area contributed by atoms with Crippen LogP contribution in [0.2, 0.25) is 0 Å². The molecule has 1 atom stereocenters. The second-order valence-electron chi connectivity index (χ2n) is 5.69. The third-order valence-electron chi connectivity index (χ3n) is 3.79. The molecular formula is C14H23IN4O3. The van der Waals surface area contributed by atoms with Gasteiger partial charge in [-0.2, -0.15) is 5.10 Å². The molecule has 0 radical (unpaired) electrons. The minimum absolute atomic E-state index is 0.0551. The zero-order valence-corrected chi connectivity index (χ0v) is 15.2. The summed E-state index contributed by atoms with van der Waals surface area (Å²) in [6.07, 6.45) is 4.52. The molecule has 22 heavy (non-hydrogen) atoms. The molecule has 0 aliphatic carbocycles. The second-order valence-corrected chi connectivity index (χ2v) is 6.71. The molecule has 0 aromatic carbocycles. The average molecular weight is 422 g/mol. The Morgan fingerprint density at radius 1 is 1.50 bits per heavy atom. The van der Waals surface area contributed by atoms with Gasteiger partial charge < -0.3 is 19.6 Å². The number of rotatable bonds is 6. The van der Waals surface area contributed by atoms with Crippen LogP contribution in [0.15, 0.2) is 6.20 Å². The third-order valence-corrected chi connectivity index (χ3v) is 4.70. The number of hydrogen-bond acceptors (Lipinski definition) is 4. The number of carboxylic acid groups (broad SMARTS) is 1. The molecule has 2 heterocycles. The van der Waals surface area contributed by atoms with Crippen LogP contribution in [0.3, 0.4) is 0 Å². The van der Waals surface area contributed by atoms with Crippen molar-refractivity contribution in [3.05, 3.63) is 15.5 Å². The standard InChI is InChI=1S/C14H23IN4O3/c1-17(6-7-18(2)14(20)21)9-11-10-19(16-13(11)15)12-5-3-4-8-22-12/h10,12H,3-9H2,1-2H3,(H,20,21). The molecule has 0 spiro atoms. The molecule has 1 amide bonds. The molecule has 7 nitrogen and oxygen atoms in total. The molecule has 1 N–H and O–H groups in total. The predicted octanol–water partition coefficient (Wildman–Crippen LogP) is 2.23. The minimum atomic E-state index is -0.898. The molecule has 1 aromatic rings. The molecule has 0 bridgehead atoms. The summed E-state index contributed by atoms with van der Waals surface area (Å²) in [6, 6.07) is 0. The van der Waals surface area contributed by atoms with Crippen LogP contribution in [-0.4, -0.2) is 64.6 Å². The first-order valence-electron chi connectivity index (χ1n) is 7.45. The summed E-state index contributed by atoms with van der Waals surface area (Å²) in [4.78, 5) is 14.2. The van der Waals surface area contributed by atoms with Crippen LogP contribution in [-0.2, 0) is 11.3 Å². The molecule has 1 saturated heterocycles. The van der Waals surface area contributed by atoms with Gasteiger partial charge in [-0.25, -0.2) is 9.48 Å². The van der Waals surface area contributed by atoms with Gasteiger partial charge in [0.05, 0.1) is 0 Å². The van der Waals surface area contributed by atoms with Gasteiger partial charge in [-0.1, -0.05) is 0 Å². The van der Waals surface area contributed by atoms with E-state index in [1.165, 1.54) is 11.3 Å². The summed E-state index contributed by atoms with van der Waals surface area (Å²) in [5.74, 6) is 0. The number of aromatic nitrogens is 2. The Morgan fingerprint density at radius 3 is 2.91 bits per heavy atom. The van der Waals surface area contributed by atoms with E-state index in [0.29, 0.717) is 13.1 Å². The Bertz CT molecular complexity index is 502. The number of nitrogens with zero attached hydrogens (tertiary/aromatic N) is 4. The van der Waals surface area contributed by atoms with Gasteiger partial charge in [0.15, 0.2) is 0 Å². The Labute approximate surface area is 144 Å². The van der Waals surface area contributed by atoms with E-state index in [1.54, 1.807) is 7.05 Å². The highest BCUT2D eigenvalue weighted by atomic mass is 127. The van der Waals surface area contributed by atoms with Gasteiger partial charge in [0.2, 0.25) is 0 Å². The lowest BCUT2D eigenvalue weighted by Crippen LogP contribution is -2.33. The number of carbonyl (C=O) groups is 1. The predicted molar refractivity (Wildman–Crippen MR) is 90.8 cm³/mol. The van der Waals surface area contributed by atoms with Crippen LogP contribution < -0.4 is 0 Å².